The van der Waals surface area contributed by atoms with Gasteiger partial charge in [0.2, 0.25) is 0 Å². The van der Waals surface area contributed by atoms with E-state index in [0.717, 1.165) is 12.3 Å². The van der Waals surface area contributed by atoms with Crippen LogP contribution in [0, 0.1) is 11.8 Å². The van der Waals surface area contributed by atoms with Gasteiger partial charge in [-0.3, -0.25) is 0 Å². The summed E-state index contributed by atoms with van der Waals surface area (Å²) in [5.41, 5.74) is 0. The maximum absolute atomic E-state index is 10.2. The third-order valence-corrected chi connectivity index (χ3v) is 4.55. The number of hydrogen-bond acceptors (Lipinski definition) is 1. The van der Waals surface area contributed by atoms with Crippen molar-refractivity contribution >= 4 is 0 Å². The van der Waals surface area contributed by atoms with Crippen molar-refractivity contribution < 1.29 is 5.11 Å². The fourth-order valence-corrected chi connectivity index (χ4v) is 3.25. The van der Waals surface area contributed by atoms with E-state index in [1.807, 2.05) is 0 Å². The Morgan fingerprint density at radius 1 is 1.06 bits per heavy atom. The van der Waals surface area contributed by atoms with E-state index in [1.54, 1.807) is 0 Å². The highest BCUT2D eigenvalue weighted by Crippen LogP contribution is 2.34. The van der Waals surface area contributed by atoms with Crippen molar-refractivity contribution in [2.24, 2.45) is 11.8 Å². The summed E-state index contributed by atoms with van der Waals surface area (Å²) in [5, 5.41) is 10.2. The topological polar surface area (TPSA) is 20.2 Å². The molecule has 1 N–H and O–H groups in total. The predicted octanol–water partition coefficient (Wildman–Crippen LogP) is 4.92. The second kappa shape index (κ2) is 8.97. The molecule has 1 nitrogen and oxygen atoms in total. The third-order valence-electron chi connectivity index (χ3n) is 4.55. The molecule has 1 saturated carbocycles. The first-order valence-electron chi connectivity index (χ1n) is 7.96. The molecule has 1 aliphatic rings. The molecule has 102 valence electrons. The van der Waals surface area contributed by atoms with Crippen LogP contribution in [0.25, 0.3) is 0 Å². The zero-order chi connectivity index (χ0) is 12.5. The van der Waals surface area contributed by atoms with Crippen LogP contribution in [0.3, 0.4) is 0 Å². The summed E-state index contributed by atoms with van der Waals surface area (Å²) < 4.78 is 0. The van der Waals surface area contributed by atoms with E-state index in [4.69, 9.17) is 0 Å². The molecule has 1 aliphatic carbocycles. The normalized spacial score (nSPS) is 27.0. The Bertz CT molecular complexity index is 178. The molecule has 0 aromatic heterocycles. The van der Waals surface area contributed by atoms with Crippen LogP contribution in [0.4, 0.5) is 0 Å². The lowest BCUT2D eigenvalue weighted by atomic mass is 9.77. The molecule has 0 amide bonds. The van der Waals surface area contributed by atoms with Crippen LogP contribution < -0.4 is 0 Å². The van der Waals surface area contributed by atoms with E-state index in [0.29, 0.717) is 5.92 Å². The zero-order valence-corrected chi connectivity index (χ0v) is 12.0. The molecule has 0 aliphatic heterocycles. The van der Waals surface area contributed by atoms with Gasteiger partial charge in [0.1, 0.15) is 0 Å². The molecule has 3 unspecified atom stereocenters. The van der Waals surface area contributed by atoms with Gasteiger partial charge in [-0.1, -0.05) is 65.2 Å². The van der Waals surface area contributed by atoms with Gasteiger partial charge < -0.3 is 5.11 Å². The molecular formula is C16H32O. The van der Waals surface area contributed by atoms with Crippen molar-refractivity contribution in [2.45, 2.75) is 90.6 Å². The van der Waals surface area contributed by atoms with Crippen LogP contribution in [0.1, 0.15) is 84.5 Å². The van der Waals surface area contributed by atoms with Gasteiger partial charge in [-0.15, -0.1) is 0 Å². The summed E-state index contributed by atoms with van der Waals surface area (Å²) in [7, 11) is 0. The molecule has 0 heterocycles. The summed E-state index contributed by atoms with van der Waals surface area (Å²) in [6.45, 7) is 4.55. The smallest absolute Gasteiger partial charge is 0.0568 e. The molecule has 0 aromatic rings. The van der Waals surface area contributed by atoms with Gasteiger partial charge in [0.05, 0.1) is 6.10 Å². The van der Waals surface area contributed by atoms with Crippen molar-refractivity contribution in [3.63, 3.8) is 0 Å². The van der Waals surface area contributed by atoms with Crippen molar-refractivity contribution in [1.29, 1.82) is 0 Å². The fraction of sp³-hybridized carbons (Fsp3) is 1.00. The maximum atomic E-state index is 10.2. The number of hydrogen-bond donors (Lipinski definition) is 1. The van der Waals surface area contributed by atoms with Crippen LogP contribution in [-0.2, 0) is 0 Å². The van der Waals surface area contributed by atoms with Crippen molar-refractivity contribution in [3.8, 4) is 0 Å². The second-order valence-electron chi connectivity index (χ2n) is 5.97. The van der Waals surface area contributed by atoms with E-state index in [2.05, 4.69) is 13.8 Å². The number of unbranched alkanes of at least 4 members (excludes halogenated alkanes) is 4. The van der Waals surface area contributed by atoms with E-state index in [-0.39, 0.29) is 6.10 Å². The number of aliphatic hydroxyl groups excluding tert-OH is 1. The van der Waals surface area contributed by atoms with Crippen molar-refractivity contribution in [2.75, 3.05) is 0 Å². The molecule has 1 fully saturated rings. The molecule has 0 radical (unpaired) electrons. The lowest BCUT2D eigenvalue weighted by Gasteiger charge is -2.31. The molecule has 1 rings (SSSR count). The molecule has 0 saturated heterocycles. The Balaban J connectivity index is 2.11. The van der Waals surface area contributed by atoms with E-state index < -0.39 is 0 Å². The summed E-state index contributed by atoms with van der Waals surface area (Å²) in [6, 6.07) is 0. The van der Waals surface area contributed by atoms with Gasteiger partial charge in [-0.05, 0) is 31.1 Å². The predicted molar refractivity (Wildman–Crippen MR) is 75.1 cm³/mol. The lowest BCUT2D eigenvalue weighted by Crippen LogP contribution is -2.26. The van der Waals surface area contributed by atoms with E-state index in [9.17, 15) is 5.11 Å². The average molecular weight is 240 g/mol. The Hall–Kier alpha value is -0.0400. The van der Waals surface area contributed by atoms with Crippen molar-refractivity contribution in [3.05, 3.63) is 0 Å². The number of aliphatic hydroxyl groups is 1. The molecular weight excluding hydrogens is 208 g/mol. The average Bonchev–Trinajstić information content (AvgIpc) is 2.38. The van der Waals surface area contributed by atoms with Gasteiger partial charge >= 0.3 is 0 Å². The first-order valence-corrected chi connectivity index (χ1v) is 7.96. The fourth-order valence-electron chi connectivity index (χ4n) is 3.25. The summed E-state index contributed by atoms with van der Waals surface area (Å²) in [5.74, 6) is 1.50. The highest BCUT2D eigenvalue weighted by Gasteiger charge is 2.25. The molecule has 0 bridgehead atoms. The van der Waals surface area contributed by atoms with Crippen LogP contribution in [0.2, 0.25) is 0 Å². The van der Waals surface area contributed by atoms with Crippen LogP contribution in [0.15, 0.2) is 0 Å². The van der Waals surface area contributed by atoms with Gasteiger partial charge in [0.25, 0.3) is 0 Å². The van der Waals surface area contributed by atoms with E-state index in [1.165, 1.54) is 64.2 Å². The largest absolute Gasteiger partial charge is 0.393 e. The monoisotopic (exact) mass is 240 g/mol. The Labute approximate surface area is 108 Å². The molecule has 17 heavy (non-hydrogen) atoms. The molecule has 0 spiro atoms. The highest BCUT2D eigenvalue weighted by atomic mass is 16.3. The summed E-state index contributed by atoms with van der Waals surface area (Å²) in [6.07, 6.45) is 14.2. The first kappa shape index (κ1) is 15.0. The molecule has 1 heteroatoms. The minimum absolute atomic E-state index is 0.00836. The first-order chi connectivity index (χ1) is 8.27. The molecule has 3 atom stereocenters. The SMILES string of the molecule is CCCCCCCC(O)C1CCCC(CC)C1. The van der Waals surface area contributed by atoms with Gasteiger partial charge in [-0.25, -0.2) is 0 Å². The van der Waals surface area contributed by atoms with Crippen molar-refractivity contribution in [1.82, 2.24) is 0 Å². The summed E-state index contributed by atoms with van der Waals surface area (Å²) >= 11 is 0. The maximum Gasteiger partial charge on any atom is 0.0568 e. The van der Waals surface area contributed by atoms with Gasteiger partial charge in [0, 0.05) is 0 Å². The van der Waals surface area contributed by atoms with Gasteiger partial charge in [-0.2, -0.15) is 0 Å². The minimum Gasteiger partial charge on any atom is -0.393 e. The third kappa shape index (κ3) is 5.90. The Kier molecular flexibility index (Phi) is 7.92. The van der Waals surface area contributed by atoms with Crippen LogP contribution in [0.5, 0.6) is 0 Å². The van der Waals surface area contributed by atoms with Gasteiger partial charge in [0.15, 0.2) is 0 Å². The second-order valence-corrected chi connectivity index (χ2v) is 5.97. The standard InChI is InChI=1S/C16H32O/c1-3-5-6-7-8-12-16(17)15-11-9-10-14(4-2)13-15/h14-17H,3-13H2,1-2H3. The quantitative estimate of drug-likeness (QED) is 0.597. The Morgan fingerprint density at radius 2 is 1.82 bits per heavy atom. The molecule has 0 aromatic carbocycles. The zero-order valence-electron chi connectivity index (χ0n) is 12.0. The summed E-state index contributed by atoms with van der Waals surface area (Å²) in [4.78, 5) is 0. The Morgan fingerprint density at radius 3 is 2.53 bits per heavy atom. The van der Waals surface area contributed by atoms with E-state index >= 15 is 0 Å². The lowest BCUT2D eigenvalue weighted by molar-refractivity contribution is 0.0594. The number of rotatable bonds is 8. The highest BCUT2D eigenvalue weighted by molar-refractivity contribution is 4.77. The van der Waals surface area contributed by atoms with Crippen LogP contribution in [-0.4, -0.2) is 11.2 Å². The minimum atomic E-state index is -0.00836. The van der Waals surface area contributed by atoms with Crippen LogP contribution >= 0.6 is 0 Å².